The number of rotatable bonds is 3. The molecule has 1 aromatic rings. The van der Waals surface area contributed by atoms with E-state index < -0.39 is 0 Å². The van der Waals surface area contributed by atoms with Crippen molar-refractivity contribution in [1.82, 2.24) is 9.97 Å². The zero-order valence-electron chi connectivity index (χ0n) is 7.49. The van der Waals surface area contributed by atoms with Crippen molar-refractivity contribution in [3.05, 3.63) is 17.0 Å². The number of hydrogen-bond donors (Lipinski definition) is 1. The van der Waals surface area contributed by atoms with E-state index in [0.29, 0.717) is 11.0 Å². The Morgan fingerprint density at radius 1 is 1.62 bits per heavy atom. The minimum absolute atomic E-state index is 0.130. The van der Waals surface area contributed by atoms with Crippen LogP contribution in [0.2, 0.25) is 5.15 Å². The lowest BCUT2D eigenvalue weighted by Gasteiger charge is -2.06. The summed E-state index contributed by atoms with van der Waals surface area (Å²) in [6.07, 6.45) is 0. The minimum Gasteiger partial charge on any atom is -0.395 e. The van der Waals surface area contributed by atoms with Crippen molar-refractivity contribution >= 4 is 23.4 Å². The number of aryl methyl sites for hydroxylation is 1. The first-order chi connectivity index (χ1) is 6.11. The molecule has 0 saturated heterocycles. The fourth-order valence-corrected chi connectivity index (χ4v) is 1.95. The summed E-state index contributed by atoms with van der Waals surface area (Å²) >= 11 is 7.24. The third-order valence-electron chi connectivity index (χ3n) is 1.36. The molecule has 0 radical (unpaired) electrons. The zero-order valence-corrected chi connectivity index (χ0v) is 9.06. The first-order valence-corrected chi connectivity index (χ1v) is 5.16. The molecule has 72 valence electrons. The minimum atomic E-state index is 0.130. The summed E-state index contributed by atoms with van der Waals surface area (Å²) in [5.41, 5.74) is 0. The molecule has 0 spiro atoms. The van der Waals surface area contributed by atoms with Gasteiger partial charge in [-0.05, 0) is 6.92 Å². The van der Waals surface area contributed by atoms with Crippen molar-refractivity contribution in [2.24, 2.45) is 0 Å². The number of nitrogens with zero attached hydrogens (tertiary/aromatic N) is 2. The van der Waals surface area contributed by atoms with Crippen LogP contribution in [0.1, 0.15) is 12.7 Å². The number of halogens is 1. The molecule has 1 atom stereocenters. The second-order valence-electron chi connectivity index (χ2n) is 2.69. The van der Waals surface area contributed by atoms with Gasteiger partial charge in [0.1, 0.15) is 16.0 Å². The third kappa shape index (κ3) is 3.50. The SMILES string of the molecule is Cc1nc(Cl)cc(S[C@H](C)CO)n1. The summed E-state index contributed by atoms with van der Waals surface area (Å²) in [6, 6.07) is 1.70. The molecular formula is C8H11ClN2OS. The second kappa shape index (κ2) is 4.79. The highest BCUT2D eigenvalue weighted by Crippen LogP contribution is 2.22. The van der Waals surface area contributed by atoms with Crippen LogP contribution in [0, 0.1) is 6.92 Å². The van der Waals surface area contributed by atoms with Crippen molar-refractivity contribution in [2.75, 3.05) is 6.61 Å². The Bertz CT molecular complexity index is 275. The highest BCUT2D eigenvalue weighted by Gasteiger charge is 2.05. The summed E-state index contributed by atoms with van der Waals surface area (Å²) < 4.78 is 0. The molecule has 1 rings (SSSR count). The van der Waals surface area contributed by atoms with Gasteiger partial charge in [0.05, 0.1) is 6.61 Å². The maximum Gasteiger partial charge on any atom is 0.133 e. The van der Waals surface area contributed by atoms with Crippen LogP contribution in [0.15, 0.2) is 11.1 Å². The van der Waals surface area contributed by atoms with Crippen molar-refractivity contribution < 1.29 is 5.11 Å². The van der Waals surface area contributed by atoms with Crippen LogP contribution in [0.5, 0.6) is 0 Å². The molecule has 0 amide bonds. The van der Waals surface area contributed by atoms with E-state index >= 15 is 0 Å². The summed E-state index contributed by atoms with van der Waals surface area (Å²) in [6.45, 7) is 3.85. The van der Waals surface area contributed by atoms with Gasteiger partial charge in [-0.2, -0.15) is 0 Å². The Hall–Kier alpha value is -0.320. The number of aromatic nitrogens is 2. The molecule has 0 aliphatic heterocycles. The first kappa shape index (κ1) is 10.8. The normalized spacial score (nSPS) is 12.9. The Morgan fingerprint density at radius 3 is 2.85 bits per heavy atom. The number of aliphatic hydroxyl groups is 1. The highest BCUT2D eigenvalue weighted by atomic mass is 35.5. The van der Waals surface area contributed by atoms with Gasteiger partial charge in [-0.1, -0.05) is 18.5 Å². The van der Waals surface area contributed by atoms with Crippen LogP contribution in [0.4, 0.5) is 0 Å². The van der Waals surface area contributed by atoms with Crippen molar-refractivity contribution in [3.8, 4) is 0 Å². The zero-order chi connectivity index (χ0) is 9.84. The van der Waals surface area contributed by atoms with Crippen LogP contribution in [0.3, 0.4) is 0 Å². The van der Waals surface area contributed by atoms with E-state index in [2.05, 4.69) is 9.97 Å². The molecule has 1 N–H and O–H groups in total. The van der Waals surface area contributed by atoms with Gasteiger partial charge in [0.25, 0.3) is 0 Å². The van der Waals surface area contributed by atoms with Gasteiger partial charge in [-0.15, -0.1) is 11.8 Å². The van der Waals surface area contributed by atoms with E-state index in [9.17, 15) is 0 Å². The van der Waals surface area contributed by atoms with Gasteiger partial charge >= 0.3 is 0 Å². The van der Waals surface area contributed by atoms with Crippen LogP contribution in [-0.2, 0) is 0 Å². The monoisotopic (exact) mass is 218 g/mol. The lowest BCUT2D eigenvalue weighted by molar-refractivity contribution is 0.300. The Balaban J connectivity index is 2.77. The van der Waals surface area contributed by atoms with Gasteiger partial charge in [0, 0.05) is 11.3 Å². The quantitative estimate of drug-likeness (QED) is 0.622. The Morgan fingerprint density at radius 2 is 2.31 bits per heavy atom. The fourth-order valence-electron chi connectivity index (χ4n) is 0.809. The molecule has 5 heteroatoms. The number of aliphatic hydroxyl groups excluding tert-OH is 1. The highest BCUT2D eigenvalue weighted by molar-refractivity contribution is 7.99. The molecule has 0 saturated carbocycles. The molecule has 0 aromatic carbocycles. The van der Waals surface area contributed by atoms with E-state index in [1.54, 1.807) is 13.0 Å². The van der Waals surface area contributed by atoms with Gasteiger partial charge in [0.15, 0.2) is 0 Å². The van der Waals surface area contributed by atoms with Gasteiger partial charge < -0.3 is 5.11 Å². The number of hydrogen-bond acceptors (Lipinski definition) is 4. The summed E-state index contributed by atoms with van der Waals surface area (Å²) in [4.78, 5) is 8.12. The van der Waals surface area contributed by atoms with Crippen molar-refractivity contribution in [3.63, 3.8) is 0 Å². The van der Waals surface area contributed by atoms with Crippen molar-refractivity contribution in [1.29, 1.82) is 0 Å². The predicted octanol–water partition coefficient (Wildman–Crippen LogP) is 1.91. The standard InChI is InChI=1S/C8H11ClN2OS/c1-5(4-12)13-8-3-7(9)10-6(2)11-8/h3,5,12H,4H2,1-2H3/t5-/m1/s1. The van der Waals surface area contributed by atoms with E-state index in [1.165, 1.54) is 11.8 Å². The molecule has 3 nitrogen and oxygen atoms in total. The van der Waals surface area contributed by atoms with E-state index in [1.807, 2.05) is 6.92 Å². The van der Waals surface area contributed by atoms with Crippen LogP contribution >= 0.6 is 23.4 Å². The predicted molar refractivity (Wildman–Crippen MR) is 54.2 cm³/mol. The molecule has 0 bridgehead atoms. The molecule has 1 aromatic heterocycles. The third-order valence-corrected chi connectivity index (χ3v) is 2.56. The molecule has 0 unspecified atom stereocenters. The Kier molecular flexibility index (Phi) is 3.96. The van der Waals surface area contributed by atoms with Crippen LogP contribution < -0.4 is 0 Å². The van der Waals surface area contributed by atoms with Gasteiger partial charge in [-0.25, -0.2) is 9.97 Å². The smallest absolute Gasteiger partial charge is 0.133 e. The summed E-state index contributed by atoms with van der Waals surface area (Å²) in [5.74, 6) is 0.653. The lowest BCUT2D eigenvalue weighted by Crippen LogP contribution is -2.03. The molecule has 13 heavy (non-hydrogen) atoms. The summed E-state index contributed by atoms with van der Waals surface area (Å²) in [5, 5.41) is 10.2. The first-order valence-electron chi connectivity index (χ1n) is 3.90. The Labute approximate surface area is 86.6 Å². The molecular weight excluding hydrogens is 208 g/mol. The average molecular weight is 219 g/mol. The van der Waals surface area contributed by atoms with Gasteiger partial charge in [0.2, 0.25) is 0 Å². The van der Waals surface area contributed by atoms with E-state index in [-0.39, 0.29) is 11.9 Å². The van der Waals surface area contributed by atoms with Crippen LogP contribution in [0.25, 0.3) is 0 Å². The van der Waals surface area contributed by atoms with Crippen LogP contribution in [-0.4, -0.2) is 26.9 Å². The number of thioether (sulfide) groups is 1. The van der Waals surface area contributed by atoms with Gasteiger partial charge in [-0.3, -0.25) is 0 Å². The van der Waals surface area contributed by atoms with E-state index in [4.69, 9.17) is 16.7 Å². The van der Waals surface area contributed by atoms with E-state index in [0.717, 1.165) is 5.03 Å². The largest absolute Gasteiger partial charge is 0.395 e. The maximum atomic E-state index is 8.84. The second-order valence-corrected chi connectivity index (χ2v) is 4.53. The molecule has 0 aliphatic carbocycles. The summed E-state index contributed by atoms with van der Waals surface area (Å²) in [7, 11) is 0. The molecule has 0 aliphatic rings. The van der Waals surface area contributed by atoms with Crippen molar-refractivity contribution in [2.45, 2.75) is 24.1 Å². The molecule has 0 fully saturated rings. The average Bonchev–Trinajstić information content (AvgIpc) is 2.02. The lowest BCUT2D eigenvalue weighted by atomic mass is 10.5. The fraction of sp³-hybridized carbons (Fsp3) is 0.500. The maximum absolute atomic E-state index is 8.84. The molecule has 1 heterocycles. The topological polar surface area (TPSA) is 46.0 Å².